The zero-order valence-electron chi connectivity index (χ0n) is 15.3. The van der Waals surface area contributed by atoms with Gasteiger partial charge < -0.3 is 15.5 Å². The first-order valence-corrected chi connectivity index (χ1v) is 9.86. The average molecular weight is 389 g/mol. The number of fused-ring (bicyclic) bond motifs is 1. The maximum absolute atomic E-state index is 12.4. The highest BCUT2D eigenvalue weighted by atomic mass is 35.5. The van der Waals surface area contributed by atoms with Gasteiger partial charge in [0.05, 0.1) is 0 Å². The molecule has 3 N–H and O–H groups in total. The minimum Gasteiger partial charge on any atom is -0.369 e. The van der Waals surface area contributed by atoms with Gasteiger partial charge in [-0.05, 0) is 18.2 Å². The Hall–Kier alpha value is -2.09. The van der Waals surface area contributed by atoms with Crippen LogP contribution in [0.4, 0.5) is 5.69 Å². The van der Waals surface area contributed by atoms with Crippen LogP contribution in [0.5, 0.6) is 0 Å². The van der Waals surface area contributed by atoms with E-state index in [9.17, 15) is 4.79 Å². The predicted octanol–water partition coefficient (Wildman–Crippen LogP) is 1.26. The quantitative estimate of drug-likeness (QED) is 0.719. The summed E-state index contributed by atoms with van der Waals surface area (Å²) in [7, 11) is 0. The van der Waals surface area contributed by atoms with Crippen LogP contribution in [0.2, 0.25) is 5.02 Å². The van der Waals surface area contributed by atoms with Crippen molar-refractivity contribution in [1.29, 1.82) is 0 Å². The Balaban J connectivity index is 1.22. The number of H-pyrrole nitrogens is 1. The maximum atomic E-state index is 12.4. The van der Waals surface area contributed by atoms with Gasteiger partial charge in [-0.3, -0.25) is 14.8 Å². The summed E-state index contributed by atoms with van der Waals surface area (Å²) in [6.07, 6.45) is 0.895. The number of benzene rings is 1. The first-order chi connectivity index (χ1) is 13.2. The van der Waals surface area contributed by atoms with Gasteiger partial charge in [0.15, 0.2) is 5.69 Å². The summed E-state index contributed by atoms with van der Waals surface area (Å²) in [4.78, 5) is 17.2. The lowest BCUT2D eigenvalue weighted by Gasteiger charge is -2.36. The van der Waals surface area contributed by atoms with Crippen molar-refractivity contribution in [1.82, 2.24) is 25.7 Å². The first kappa shape index (κ1) is 18.3. The number of carbonyl (C=O) groups excluding carboxylic acids is 1. The summed E-state index contributed by atoms with van der Waals surface area (Å²) in [5, 5.41) is 14.3. The molecule has 3 heterocycles. The molecule has 1 aromatic carbocycles. The van der Waals surface area contributed by atoms with E-state index in [1.807, 2.05) is 18.2 Å². The SMILES string of the molecule is O=C(NCCN1CCN(c2cccc(Cl)c2)CC1)c1n[nH]c2c1CNCC2. The fraction of sp³-hybridized carbons (Fsp3) is 0.474. The number of nitrogens with one attached hydrogen (secondary N) is 3. The van der Waals surface area contributed by atoms with Crippen molar-refractivity contribution in [3.8, 4) is 0 Å². The normalized spacial score (nSPS) is 17.6. The number of anilines is 1. The molecule has 2 aliphatic heterocycles. The topological polar surface area (TPSA) is 76.3 Å². The molecule has 0 saturated carbocycles. The summed E-state index contributed by atoms with van der Waals surface area (Å²) in [5.41, 5.74) is 3.79. The minimum atomic E-state index is -0.0891. The Morgan fingerprint density at radius 3 is 2.93 bits per heavy atom. The van der Waals surface area contributed by atoms with Gasteiger partial charge >= 0.3 is 0 Å². The van der Waals surface area contributed by atoms with E-state index in [0.29, 0.717) is 18.8 Å². The van der Waals surface area contributed by atoms with Crippen molar-refractivity contribution >= 4 is 23.2 Å². The summed E-state index contributed by atoms with van der Waals surface area (Å²) < 4.78 is 0. The van der Waals surface area contributed by atoms with E-state index < -0.39 is 0 Å². The fourth-order valence-corrected chi connectivity index (χ4v) is 3.91. The lowest BCUT2D eigenvalue weighted by atomic mass is 10.1. The van der Waals surface area contributed by atoms with Gasteiger partial charge in [-0.2, -0.15) is 5.10 Å². The molecule has 1 aromatic heterocycles. The number of amides is 1. The average Bonchev–Trinajstić information content (AvgIpc) is 3.13. The van der Waals surface area contributed by atoms with Crippen LogP contribution >= 0.6 is 11.6 Å². The zero-order chi connectivity index (χ0) is 18.6. The van der Waals surface area contributed by atoms with Gasteiger partial charge in [0.1, 0.15) is 0 Å². The number of piperazine rings is 1. The van der Waals surface area contributed by atoms with Crippen LogP contribution in [0.3, 0.4) is 0 Å². The van der Waals surface area contributed by atoms with Crippen molar-refractivity contribution < 1.29 is 4.79 Å². The molecule has 2 aliphatic rings. The van der Waals surface area contributed by atoms with E-state index in [2.05, 4.69) is 36.7 Å². The molecule has 144 valence electrons. The first-order valence-electron chi connectivity index (χ1n) is 9.48. The summed E-state index contributed by atoms with van der Waals surface area (Å²) >= 11 is 6.09. The third-order valence-electron chi connectivity index (χ3n) is 5.28. The number of nitrogens with zero attached hydrogens (tertiary/aromatic N) is 3. The molecule has 0 bridgehead atoms. The molecule has 2 aromatic rings. The molecule has 0 radical (unpaired) electrons. The molecule has 0 spiro atoms. The van der Waals surface area contributed by atoms with Gasteiger partial charge in [0.25, 0.3) is 5.91 Å². The van der Waals surface area contributed by atoms with Crippen molar-refractivity contribution in [2.75, 3.05) is 50.7 Å². The van der Waals surface area contributed by atoms with Gasteiger partial charge in [0, 0.05) is 80.7 Å². The van der Waals surface area contributed by atoms with Gasteiger partial charge in [-0.1, -0.05) is 17.7 Å². The smallest absolute Gasteiger partial charge is 0.272 e. The molecule has 1 amide bonds. The van der Waals surface area contributed by atoms with E-state index in [4.69, 9.17) is 11.6 Å². The van der Waals surface area contributed by atoms with Crippen LogP contribution in [0.15, 0.2) is 24.3 Å². The number of aromatic amines is 1. The van der Waals surface area contributed by atoms with E-state index >= 15 is 0 Å². The number of hydrogen-bond donors (Lipinski definition) is 3. The third kappa shape index (κ3) is 4.26. The largest absolute Gasteiger partial charge is 0.369 e. The Kier molecular flexibility index (Phi) is 5.61. The highest BCUT2D eigenvalue weighted by Crippen LogP contribution is 2.20. The molecular formula is C19H25ClN6O. The van der Waals surface area contributed by atoms with E-state index in [1.54, 1.807) is 0 Å². The Labute approximate surface area is 164 Å². The van der Waals surface area contributed by atoms with Crippen LogP contribution in [0.25, 0.3) is 0 Å². The monoisotopic (exact) mass is 388 g/mol. The Morgan fingerprint density at radius 2 is 2.11 bits per heavy atom. The van der Waals surface area contributed by atoms with E-state index in [-0.39, 0.29) is 5.91 Å². The van der Waals surface area contributed by atoms with Crippen LogP contribution < -0.4 is 15.5 Å². The number of carbonyl (C=O) groups is 1. The van der Waals surface area contributed by atoms with Gasteiger partial charge in [-0.25, -0.2) is 0 Å². The molecule has 7 nitrogen and oxygen atoms in total. The summed E-state index contributed by atoms with van der Waals surface area (Å²) in [6, 6.07) is 8.00. The van der Waals surface area contributed by atoms with Crippen LogP contribution in [0, 0.1) is 0 Å². The standard InChI is InChI=1S/C19H25ClN6O/c20-14-2-1-3-15(12-14)26-10-8-25(9-11-26)7-6-22-19(27)18-16-13-21-5-4-17(16)23-24-18/h1-3,12,21H,4-11,13H2,(H,22,27)(H,23,24). The van der Waals surface area contributed by atoms with Crippen LogP contribution in [-0.4, -0.2) is 66.8 Å². The molecule has 0 aliphatic carbocycles. The number of rotatable bonds is 5. The molecule has 4 rings (SSSR count). The zero-order valence-corrected chi connectivity index (χ0v) is 16.1. The summed E-state index contributed by atoms with van der Waals surface area (Å²) in [5.74, 6) is -0.0891. The second-order valence-electron chi connectivity index (χ2n) is 7.02. The molecule has 27 heavy (non-hydrogen) atoms. The summed E-state index contributed by atoms with van der Waals surface area (Å²) in [6.45, 7) is 7.00. The minimum absolute atomic E-state index is 0.0891. The Bertz CT molecular complexity index is 799. The molecule has 0 unspecified atom stereocenters. The second-order valence-corrected chi connectivity index (χ2v) is 7.46. The molecule has 8 heteroatoms. The molecule has 0 atom stereocenters. The highest BCUT2D eigenvalue weighted by Gasteiger charge is 2.22. The number of halogens is 1. The lowest BCUT2D eigenvalue weighted by molar-refractivity contribution is 0.0941. The highest BCUT2D eigenvalue weighted by molar-refractivity contribution is 6.30. The van der Waals surface area contributed by atoms with Crippen LogP contribution in [0.1, 0.15) is 21.7 Å². The van der Waals surface area contributed by atoms with Crippen molar-refractivity contribution in [3.63, 3.8) is 0 Å². The lowest BCUT2D eigenvalue weighted by Crippen LogP contribution is -2.48. The second kappa shape index (κ2) is 8.29. The Morgan fingerprint density at radius 1 is 1.26 bits per heavy atom. The predicted molar refractivity (Wildman–Crippen MR) is 106 cm³/mol. The van der Waals surface area contributed by atoms with E-state index in [0.717, 1.165) is 62.0 Å². The third-order valence-corrected chi connectivity index (χ3v) is 5.52. The van der Waals surface area contributed by atoms with Gasteiger partial charge in [-0.15, -0.1) is 0 Å². The van der Waals surface area contributed by atoms with Gasteiger partial charge in [0.2, 0.25) is 0 Å². The number of hydrogen-bond acceptors (Lipinski definition) is 5. The number of aromatic nitrogens is 2. The van der Waals surface area contributed by atoms with Crippen LogP contribution in [-0.2, 0) is 13.0 Å². The van der Waals surface area contributed by atoms with Crippen molar-refractivity contribution in [2.24, 2.45) is 0 Å². The fourth-order valence-electron chi connectivity index (χ4n) is 3.73. The van der Waals surface area contributed by atoms with Crippen molar-refractivity contribution in [3.05, 3.63) is 46.2 Å². The van der Waals surface area contributed by atoms with E-state index in [1.165, 1.54) is 5.69 Å². The molecule has 1 saturated heterocycles. The molecule has 1 fully saturated rings. The maximum Gasteiger partial charge on any atom is 0.272 e. The molecular weight excluding hydrogens is 364 g/mol. The van der Waals surface area contributed by atoms with Crippen molar-refractivity contribution in [2.45, 2.75) is 13.0 Å².